The van der Waals surface area contributed by atoms with Crippen LogP contribution in [0.2, 0.25) is 0 Å². The summed E-state index contributed by atoms with van der Waals surface area (Å²) < 4.78 is 33.7. The minimum absolute atomic E-state index is 0.0294. The summed E-state index contributed by atoms with van der Waals surface area (Å²) in [5, 5.41) is 0. The molecule has 0 saturated carbocycles. The van der Waals surface area contributed by atoms with Gasteiger partial charge >= 0.3 is 11.9 Å². The van der Waals surface area contributed by atoms with Crippen LogP contribution in [0.1, 0.15) is 174 Å². The second-order valence-corrected chi connectivity index (χ2v) is 16.1. The predicted octanol–water partition coefficient (Wildman–Crippen LogP) is 10.00. The van der Waals surface area contributed by atoms with Crippen LogP contribution in [0.25, 0.3) is 0 Å². The third-order valence-corrected chi connectivity index (χ3v) is 9.50. The van der Waals surface area contributed by atoms with E-state index < -0.39 is 32.5 Å². The van der Waals surface area contributed by atoms with Crippen molar-refractivity contribution in [3.8, 4) is 0 Å². The third kappa shape index (κ3) is 36.3. The Kier molecular flexibility index (Phi) is 31.8. The van der Waals surface area contributed by atoms with Gasteiger partial charge in [-0.15, -0.1) is 0 Å². The second-order valence-electron chi connectivity index (χ2n) is 14.7. The van der Waals surface area contributed by atoms with E-state index in [-0.39, 0.29) is 26.1 Å². The van der Waals surface area contributed by atoms with Gasteiger partial charge in [0.2, 0.25) is 0 Å². The topological polar surface area (TPSA) is 111 Å². The lowest BCUT2D eigenvalue weighted by Gasteiger charge is -2.28. The van der Waals surface area contributed by atoms with Crippen LogP contribution in [0, 0.1) is 0 Å². The highest BCUT2D eigenvalue weighted by atomic mass is 31.2. The zero-order valence-electron chi connectivity index (χ0n) is 32.4. The number of carbonyl (C=O) groups excluding carboxylic acids is 2. The molecule has 0 heterocycles. The van der Waals surface area contributed by atoms with Crippen LogP contribution in [0.5, 0.6) is 0 Å². The van der Waals surface area contributed by atoms with Crippen molar-refractivity contribution in [3.05, 3.63) is 12.2 Å². The highest BCUT2D eigenvalue weighted by Gasteiger charge is 2.21. The third-order valence-electron chi connectivity index (χ3n) is 8.54. The molecule has 0 aromatic heterocycles. The van der Waals surface area contributed by atoms with Crippen LogP contribution in [0.15, 0.2) is 12.2 Å². The average Bonchev–Trinajstić information content (AvgIpc) is 3.04. The van der Waals surface area contributed by atoms with Crippen LogP contribution >= 0.6 is 7.82 Å². The molecule has 0 radical (unpaired) electrons. The van der Waals surface area contributed by atoms with E-state index in [4.69, 9.17) is 18.5 Å². The lowest BCUT2D eigenvalue weighted by Crippen LogP contribution is -2.37. The van der Waals surface area contributed by atoms with Gasteiger partial charge in [-0.05, 0) is 38.5 Å². The number of ether oxygens (including phenoxy) is 2. The van der Waals surface area contributed by atoms with Crippen LogP contribution in [-0.4, -0.2) is 70.0 Å². The maximum atomic E-state index is 12.6. The molecule has 0 spiro atoms. The van der Waals surface area contributed by atoms with Gasteiger partial charge in [0.15, 0.2) is 6.10 Å². The quantitative estimate of drug-likeness (QED) is 0.0207. The van der Waals surface area contributed by atoms with Gasteiger partial charge in [-0.3, -0.25) is 14.2 Å². The summed E-state index contributed by atoms with van der Waals surface area (Å²) in [6, 6.07) is 0. The molecule has 49 heavy (non-hydrogen) atoms. The number of hydrogen-bond donors (Lipinski definition) is 0. The molecule has 0 fully saturated rings. The summed E-state index contributed by atoms with van der Waals surface area (Å²) in [5.41, 5.74) is 0. The van der Waals surface area contributed by atoms with E-state index in [0.717, 1.165) is 57.8 Å². The van der Waals surface area contributed by atoms with Gasteiger partial charge < -0.3 is 27.9 Å². The van der Waals surface area contributed by atoms with Crippen LogP contribution in [0.3, 0.4) is 0 Å². The van der Waals surface area contributed by atoms with Crippen molar-refractivity contribution in [3.63, 3.8) is 0 Å². The first kappa shape index (κ1) is 47.8. The van der Waals surface area contributed by atoms with Crippen molar-refractivity contribution in [2.24, 2.45) is 0 Å². The molecular weight excluding hydrogens is 641 g/mol. The number of phosphoric ester groups is 1. The standard InChI is InChI=1S/C39H76NO8P/c1-6-8-10-12-14-16-18-19-20-21-22-24-25-27-29-31-38(41)45-35-37(36-47-49(43,44)46-34-33-40(3,4)5)48-39(42)32-30-28-26-23-17-15-13-11-9-7-2/h19-20,37H,6-18,21-36H2,1-5H3/b20-19-/t37-/m1/s1. The molecule has 9 nitrogen and oxygen atoms in total. The van der Waals surface area contributed by atoms with E-state index in [2.05, 4.69) is 26.0 Å². The maximum Gasteiger partial charge on any atom is 0.306 e. The fraction of sp³-hybridized carbons (Fsp3) is 0.897. The summed E-state index contributed by atoms with van der Waals surface area (Å²) in [4.78, 5) is 37.3. The van der Waals surface area contributed by atoms with Crippen molar-refractivity contribution in [1.29, 1.82) is 0 Å². The van der Waals surface area contributed by atoms with Gasteiger partial charge in [0, 0.05) is 12.8 Å². The predicted molar refractivity (Wildman–Crippen MR) is 199 cm³/mol. The van der Waals surface area contributed by atoms with Crippen LogP contribution in [-0.2, 0) is 32.7 Å². The molecule has 1 unspecified atom stereocenters. The first-order chi connectivity index (χ1) is 23.5. The number of nitrogens with zero attached hydrogens (tertiary/aromatic N) is 1. The normalized spacial score (nSPS) is 13.8. The molecule has 0 aromatic rings. The zero-order chi connectivity index (χ0) is 36.5. The monoisotopic (exact) mass is 718 g/mol. The SMILES string of the molecule is CCCCCCCC/C=C\CCCCCCCC(=O)OC[C@H](COP(=O)([O-])OCC[N+](C)(C)C)OC(=O)CCCCCCCCCCCC. The van der Waals surface area contributed by atoms with Gasteiger partial charge in [0.05, 0.1) is 27.7 Å². The van der Waals surface area contributed by atoms with Crippen molar-refractivity contribution in [2.75, 3.05) is 47.5 Å². The van der Waals surface area contributed by atoms with Gasteiger partial charge in [-0.25, -0.2) is 0 Å². The number of likely N-dealkylation sites (N-methyl/N-ethyl adjacent to an activating group) is 1. The van der Waals surface area contributed by atoms with Crippen molar-refractivity contribution >= 4 is 19.8 Å². The number of carbonyl (C=O) groups is 2. The molecule has 0 aliphatic rings. The van der Waals surface area contributed by atoms with Crippen molar-refractivity contribution in [1.82, 2.24) is 0 Å². The number of esters is 2. The average molecular weight is 718 g/mol. The van der Waals surface area contributed by atoms with E-state index in [1.165, 1.54) is 83.5 Å². The Hall–Kier alpha value is -1.25. The molecule has 0 aliphatic heterocycles. The summed E-state index contributed by atoms with van der Waals surface area (Å²) in [7, 11) is 1.17. The number of allylic oxidation sites excluding steroid dienone is 2. The molecule has 10 heteroatoms. The summed E-state index contributed by atoms with van der Waals surface area (Å²) in [5.74, 6) is -0.842. The van der Waals surface area contributed by atoms with Crippen LogP contribution in [0.4, 0.5) is 0 Å². The highest BCUT2D eigenvalue weighted by Crippen LogP contribution is 2.38. The highest BCUT2D eigenvalue weighted by molar-refractivity contribution is 7.45. The molecule has 0 amide bonds. The van der Waals surface area contributed by atoms with Gasteiger partial charge in [0.25, 0.3) is 7.82 Å². The smallest absolute Gasteiger partial charge is 0.306 e. The number of rotatable bonds is 36. The lowest BCUT2D eigenvalue weighted by molar-refractivity contribution is -0.870. The minimum atomic E-state index is -4.61. The number of hydrogen-bond acceptors (Lipinski definition) is 8. The summed E-state index contributed by atoms with van der Waals surface area (Å²) >= 11 is 0. The molecule has 290 valence electrons. The largest absolute Gasteiger partial charge is 0.756 e. The van der Waals surface area contributed by atoms with E-state index in [0.29, 0.717) is 17.4 Å². The molecular formula is C39H76NO8P. The summed E-state index contributed by atoms with van der Waals surface area (Å²) in [6.45, 7) is 4.19. The van der Waals surface area contributed by atoms with E-state index in [1.54, 1.807) is 0 Å². The van der Waals surface area contributed by atoms with E-state index in [1.807, 2.05) is 21.1 Å². The lowest BCUT2D eigenvalue weighted by atomic mass is 10.1. The first-order valence-electron chi connectivity index (χ1n) is 19.9. The Morgan fingerprint density at radius 1 is 0.612 bits per heavy atom. The van der Waals surface area contributed by atoms with Gasteiger partial charge in [-0.2, -0.15) is 0 Å². The van der Waals surface area contributed by atoms with Gasteiger partial charge in [0.1, 0.15) is 19.8 Å². The molecule has 0 rings (SSSR count). The molecule has 0 aliphatic carbocycles. The number of quaternary nitrogens is 1. The molecule has 0 N–H and O–H groups in total. The first-order valence-corrected chi connectivity index (χ1v) is 21.4. The van der Waals surface area contributed by atoms with Crippen molar-refractivity contribution < 1.29 is 42.1 Å². The molecule has 0 saturated heterocycles. The fourth-order valence-corrected chi connectivity index (χ4v) is 6.08. The maximum absolute atomic E-state index is 12.6. The Labute approximate surface area is 301 Å². The molecule has 2 atom stereocenters. The molecule has 0 aromatic carbocycles. The number of phosphoric acid groups is 1. The Morgan fingerprint density at radius 2 is 1.04 bits per heavy atom. The Bertz CT molecular complexity index is 860. The number of unbranched alkanes of at least 4 members (excludes halogenated alkanes) is 20. The Morgan fingerprint density at radius 3 is 1.51 bits per heavy atom. The Balaban J connectivity index is 4.39. The minimum Gasteiger partial charge on any atom is -0.756 e. The molecule has 0 bridgehead atoms. The van der Waals surface area contributed by atoms with Crippen LogP contribution < -0.4 is 4.89 Å². The second kappa shape index (κ2) is 32.6. The van der Waals surface area contributed by atoms with Gasteiger partial charge in [-0.1, -0.05) is 135 Å². The van der Waals surface area contributed by atoms with E-state index >= 15 is 0 Å². The van der Waals surface area contributed by atoms with E-state index in [9.17, 15) is 19.0 Å². The summed E-state index contributed by atoms with van der Waals surface area (Å²) in [6.07, 6.45) is 30.9. The zero-order valence-corrected chi connectivity index (χ0v) is 33.3. The van der Waals surface area contributed by atoms with Crippen molar-refractivity contribution in [2.45, 2.75) is 180 Å². The fourth-order valence-electron chi connectivity index (χ4n) is 5.35.